The first kappa shape index (κ1) is 77.1. The second kappa shape index (κ2) is 68.6. The Labute approximate surface area is 501 Å². The topological polar surface area (TPSA) is 78.9 Å². The number of carbonyl (C=O) groups excluding carboxylic acids is 3. The third-order valence-corrected chi connectivity index (χ3v) is 14.7. The molecule has 1 unspecified atom stereocenters. The van der Waals surface area contributed by atoms with E-state index in [9.17, 15) is 14.4 Å². The minimum atomic E-state index is -0.790. The van der Waals surface area contributed by atoms with Gasteiger partial charge in [-0.3, -0.25) is 14.4 Å². The molecule has 0 aliphatic rings. The molecule has 0 fully saturated rings. The molecule has 0 saturated heterocycles. The van der Waals surface area contributed by atoms with Crippen molar-refractivity contribution in [2.24, 2.45) is 0 Å². The van der Waals surface area contributed by atoms with Crippen LogP contribution in [-0.2, 0) is 28.6 Å². The monoisotopic (exact) mass is 1120 g/mol. The zero-order chi connectivity index (χ0) is 58.5. The van der Waals surface area contributed by atoms with Crippen LogP contribution in [0.15, 0.2) is 109 Å². The molecule has 81 heavy (non-hydrogen) atoms. The standard InChI is InChI=1S/C75H128O6/c1-4-7-10-13-16-19-22-25-27-29-31-33-35-36-37-38-40-41-43-45-47-50-53-56-59-62-65-68-74(77)80-71-72(70-79-73(76)67-64-61-58-55-52-49-24-21-18-15-12-9-6-3)81-75(78)69-66-63-60-57-54-51-48-46-44-42-39-34-32-30-28-26-23-20-17-14-11-8-5-2/h7,10,16,19,21,23-27,30-33,36-37,39,42,72H,4-6,8-9,11-15,17-18,20,22,28-29,34-35,38,40-41,43-71H2,1-3H3/b10-7-,19-16-,24-21-,26-23-,27-25-,32-30-,33-31-,37-36-,42-39-. The van der Waals surface area contributed by atoms with Gasteiger partial charge in [-0.1, -0.05) is 291 Å². The lowest BCUT2D eigenvalue weighted by Gasteiger charge is -2.18. The Hall–Kier alpha value is -3.93. The molecule has 6 heteroatoms. The highest BCUT2D eigenvalue weighted by Gasteiger charge is 2.19. The summed E-state index contributed by atoms with van der Waals surface area (Å²) in [5.74, 6) is -0.893. The number of esters is 3. The van der Waals surface area contributed by atoms with Gasteiger partial charge in [-0.2, -0.15) is 0 Å². The van der Waals surface area contributed by atoms with Crippen LogP contribution in [0.5, 0.6) is 0 Å². The van der Waals surface area contributed by atoms with Crippen molar-refractivity contribution >= 4 is 17.9 Å². The van der Waals surface area contributed by atoms with Gasteiger partial charge in [-0.05, 0) is 128 Å². The second-order valence-electron chi connectivity index (χ2n) is 22.7. The number of rotatable bonds is 62. The van der Waals surface area contributed by atoms with Crippen molar-refractivity contribution in [1.29, 1.82) is 0 Å². The minimum Gasteiger partial charge on any atom is -0.462 e. The molecular formula is C75H128O6. The molecule has 0 amide bonds. The van der Waals surface area contributed by atoms with Gasteiger partial charge in [-0.25, -0.2) is 0 Å². The minimum absolute atomic E-state index is 0.0848. The van der Waals surface area contributed by atoms with Crippen molar-refractivity contribution in [2.75, 3.05) is 13.2 Å². The third-order valence-electron chi connectivity index (χ3n) is 14.7. The van der Waals surface area contributed by atoms with Crippen LogP contribution in [0.4, 0.5) is 0 Å². The van der Waals surface area contributed by atoms with E-state index >= 15 is 0 Å². The van der Waals surface area contributed by atoms with Crippen molar-refractivity contribution in [3.8, 4) is 0 Å². The number of unbranched alkanes of at least 4 members (excludes halogenated alkanes) is 33. The summed E-state index contributed by atoms with van der Waals surface area (Å²) in [6, 6.07) is 0. The largest absolute Gasteiger partial charge is 0.462 e. The van der Waals surface area contributed by atoms with E-state index in [1.807, 2.05) is 0 Å². The van der Waals surface area contributed by atoms with Crippen molar-refractivity contribution in [2.45, 2.75) is 335 Å². The van der Waals surface area contributed by atoms with Crippen LogP contribution in [0, 0.1) is 0 Å². The molecule has 0 spiro atoms. The van der Waals surface area contributed by atoms with Gasteiger partial charge in [0.25, 0.3) is 0 Å². The van der Waals surface area contributed by atoms with E-state index in [0.29, 0.717) is 19.3 Å². The average Bonchev–Trinajstić information content (AvgIpc) is 3.46. The zero-order valence-electron chi connectivity index (χ0n) is 53.3. The van der Waals surface area contributed by atoms with Crippen LogP contribution in [0.1, 0.15) is 329 Å². The Morgan fingerprint density at radius 1 is 0.259 bits per heavy atom. The molecule has 0 heterocycles. The molecule has 0 aromatic carbocycles. The highest BCUT2D eigenvalue weighted by molar-refractivity contribution is 5.71. The van der Waals surface area contributed by atoms with E-state index in [1.54, 1.807) is 0 Å². The van der Waals surface area contributed by atoms with Crippen LogP contribution >= 0.6 is 0 Å². The zero-order valence-corrected chi connectivity index (χ0v) is 53.3. The Balaban J connectivity index is 4.33. The normalized spacial score (nSPS) is 12.8. The summed E-state index contributed by atoms with van der Waals surface area (Å²) in [6.07, 6.45) is 93.9. The number of carbonyl (C=O) groups is 3. The van der Waals surface area contributed by atoms with Gasteiger partial charge in [0.05, 0.1) is 0 Å². The maximum Gasteiger partial charge on any atom is 0.306 e. The molecule has 0 radical (unpaired) electrons. The summed E-state index contributed by atoms with van der Waals surface area (Å²) < 4.78 is 17.0. The molecule has 0 saturated carbocycles. The molecule has 464 valence electrons. The number of hydrogen-bond donors (Lipinski definition) is 0. The molecule has 0 rings (SSSR count). The molecule has 6 nitrogen and oxygen atoms in total. The molecule has 0 aromatic rings. The number of allylic oxidation sites excluding steroid dienone is 18. The van der Waals surface area contributed by atoms with Gasteiger partial charge in [0.1, 0.15) is 13.2 Å². The fourth-order valence-electron chi connectivity index (χ4n) is 9.59. The first-order valence-corrected chi connectivity index (χ1v) is 34.4. The van der Waals surface area contributed by atoms with Crippen LogP contribution < -0.4 is 0 Å². The summed E-state index contributed by atoms with van der Waals surface area (Å²) in [4.78, 5) is 38.4. The van der Waals surface area contributed by atoms with Crippen LogP contribution in [-0.4, -0.2) is 37.2 Å². The van der Waals surface area contributed by atoms with Gasteiger partial charge in [0.15, 0.2) is 6.10 Å². The SMILES string of the molecule is CC/C=C\C/C=C\C/C=C\C/C=C\C/C=C\CCCCCCCCCCCCCC(=O)OCC(COC(=O)CCCCCCC/C=C\CCCCCC)OC(=O)CCCCCCCCCC/C=C\C/C=C\C/C=C\CCCCCCC. The molecule has 0 bridgehead atoms. The van der Waals surface area contributed by atoms with Gasteiger partial charge < -0.3 is 14.2 Å². The van der Waals surface area contributed by atoms with E-state index in [1.165, 1.54) is 173 Å². The highest BCUT2D eigenvalue weighted by Crippen LogP contribution is 2.16. The molecule has 0 aliphatic heterocycles. The Kier molecular flexibility index (Phi) is 65.2. The van der Waals surface area contributed by atoms with E-state index in [4.69, 9.17) is 14.2 Å². The Morgan fingerprint density at radius 3 is 0.778 bits per heavy atom. The summed E-state index contributed by atoms with van der Waals surface area (Å²) in [7, 11) is 0. The van der Waals surface area contributed by atoms with E-state index < -0.39 is 6.10 Å². The second-order valence-corrected chi connectivity index (χ2v) is 22.7. The average molecular weight is 1130 g/mol. The molecule has 0 N–H and O–H groups in total. The lowest BCUT2D eigenvalue weighted by Crippen LogP contribution is -2.30. The lowest BCUT2D eigenvalue weighted by molar-refractivity contribution is -0.167. The quantitative estimate of drug-likeness (QED) is 0.0261. The fraction of sp³-hybridized carbons (Fsp3) is 0.720. The van der Waals surface area contributed by atoms with Crippen LogP contribution in [0.25, 0.3) is 0 Å². The van der Waals surface area contributed by atoms with Crippen LogP contribution in [0.2, 0.25) is 0 Å². The predicted molar refractivity (Wildman–Crippen MR) is 353 cm³/mol. The van der Waals surface area contributed by atoms with Gasteiger partial charge in [0.2, 0.25) is 0 Å². The first-order chi connectivity index (χ1) is 40.0. The van der Waals surface area contributed by atoms with Gasteiger partial charge in [0, 0.05) is 19.3 Å². The fourth-order valence-corrected chi connectivity index (χ4v) is 9.59. The van der Waals surface area contributed by atoms with Crippen LogP contribution in [0.3, 0.4) is 0 Å². The number of ether oxygens (including phenoxy) is 3. The summed E-state index contributed by atoms with van der Waals surface area (Å²) in [5.41, 5.74) is 0. The van der Waals surface area contributed by atoms with Crippen molar-refractivity contribution in [3.63, 3.8) is 0 Å². The summed E-state index contributed by atoms with van der Waals surface area (Å²) in [6.45, 7) is 6.51. The maximum atomic E-state index is 12.9. The summed E-state index contributed by atoms with van der Waals surface area (Å²) >= 11 is 0. The van der Waals surface area contributed by atoms with Crippen molar-refractivity contribution < 1.29 is 28.6 Å². The van der Waals surface area contributed by atoms with E-state index in [0.717, 1.165) is 116 Å². The Bertz CT molecular complexity index is 1620. The smallest absolute Gasteiger partial charge is 0.306 e. The molecule has 0 aliphatic carbocycles. The molecular weight excluding hydrogens is 997 g/mol. The van der Waals surface area contributed by atoms with E-state index in [-0.39, 0.29) is 31.1 Å². The van der Waals surface area contributed by atoms with Gasteiger partial charge >= 0.3 is 17.9 Å². The number of hydrogen-bond acceptors (Lipinski definition) is 6. The molecule has 0 aromatic heterocycles. The first-order valence-electron chi connectivity index (χ1n) is 34.4. The Morgan fingerprint density at radius 2 is 0.481 bits per heavy atom. The summed E-state index contributed by atoms with van der Waals surface area (Å²) in [5, 5.41) is 0. The van der Waals surface area contributed by atoms with Crippen molar-refractivity contribution in [1.82, 2.24) is 0 Å². The maximum absolute atomic E-state index is 12.9. The lowest BCUT2D eigenvalue weighted by atomic mass is 10.0. The van der Waals surface area contributed by atoms with Crippen molar-refractivity contribution in [3.05, 3.63) is 109 Å². The van der Waals surface area contributed by atoms with E-state index in [2.05, 4.69) is 130 Å². The molecule has 1 atom stereocenters. The highest BCUT2D eigenvalue weighted by atomic mass is 16.6. The predicted octanol–water partition coefficient (Wildman–Crippen LogP) is 23.8. The van der Waals surface area contributed by atoms with Gasteiger partial charge in [-0.15, -0.1) is 0 Å². The third kappa shape index (κ3) is 66.8.